The summed E-state index contributed by atoms with van der Waals surface area (Å²) in [5, 5.41) is 26.1. The van der Waals surface area contributed by atoms with E-state index in [2.05, 4.69) is 20.7 Å². The van der Waals surface area contributed by atoms with Crippen molar-refractivity contribution in [1.29, 1.82) is 10.8 Å². The summed E-state index contributed by atoms with van der Waals surface area (Å²) < 4.78 is 11.7. The lowest BCUT2D eigenvalue weighted by atomic mass is 10.1. The van der Waals surface area contributed by atoms with Crippen LogP contribution >= 0.6 is 0 Å². The molecular weight excluding hydrogens is 576 g/mol. The molecule has 238 valence electrons. The van der Waals surface area contributed by atoms with Crippen LogP contribution in [-0.2, 0) is 29.1 Å². The second-order valence-corrected chi connectivity index (χ2v) is 11.8. The summed E-state index contributed by atoms with van der Waals surface area (Å²) in [6.45, 7) is 8.64. The maximum absolute atomic E-state index is 13.2. The molecule has 3 heterocycles. The van der Waals surface area contributed by atoms with Gasteiger partial charge in [0, 0.05) is 56.7 Å². The zero-order chi connectivity index (χ0) is 32.6. The molecule has 4 N–H and O–H groups in total. The molecule has 13 heteroatoms. The fourth-order valence-electron chi connectivity index (χ4n) is 4.74. The molecule has 0 aliphatic carbocycles. The Hall–Kier alpha value is -5.07. The normalized spacial score (nSPS) is 12.3. The van der Waals surface area contributed by atoms with Crippen LogP contribution < -0.4 is 16.2 Å². The molecule has 2 aromatic heterocycles. The van der Waals surface area contributed by atoms with Crippen molar-refractivity contribution in [2.45, 2.75) is 78.6 Å². The van der Waals surface area contributed by atoms with E-state index in [1.807, 2.05) is 26.8 Å². The first-order valence-corrected chi connectivity index (χ1v) is 14.9. The number of unbranched alkanes of at least 4 members (excludes halogenated alkanes) is 3. The van der Waals surface area contributed by atoms with E-state index < -0.39 is 23.2 Å². The van der Waals surface area contributed by atoms with E-state index in [1.54, 1.807) is 41.6 Å². The number of ether oxygens (including phenoxy) is 2. The minimum atomic E-state index is -0.548. The molecule has 4 rings (SSSR count). The third kappa shape index (κ3) is 9.46. The Balaban J connectivity index is 1.39. The summed E-state index contributed by atoms with van der Waals surface area (Å²) in [6.07, 6.45) is 6.09. The number of alkyl carbamates (subject to hydrolysis) is 1. The van der Waals surface area contributed by atoms with Crippen molar-refractivity contribution in [2.24, 2.45) is 0 Å². The third-order valence-corrected chi connectivity index (χ3v) is 6.89. The summed E-state index contributed by atoms with van der Waals surface area (Å²) in [5.74, 6) is -0.634. The lowest BCUT2D eigenvalue weighted by Crippen LogP contribution is -2.33. The highest BCUT2D eigenvalue weighted by atomic mass is 16.6. The van der Waals surface area contributed by atoms with Crippen molar-refractivity contribution in [3.05, 3.63) is 75.8 Å². The first-order valence-electron chi connectivity index (χ1n) is 14.9. The zero-order valence-electron chi connectivity index (χ0n) is 26.1. The van der Waals surface area contributed by atoms with Gasteiger partial charge >= 0.3 is 12.1 Å². The summed E-state index contributed by atoms with van der Waals surface area (Å²) in [5.41, 5.74) is 2.79. The number of pyridine rings is 1. The van der Waals surface area contributed by atoms with Crippen molar-refractivity contribution in [3.63, 3.8) is 0 Å². The fourth-order valence-corrected chi connectivity index (χ4v) is 4.74. The Morgan fingerprint density at radius 1 is 1.00 bits per heavy atom. The van der Waals surface area contributed by atoms with Gasteiger partial charge in [-0.3, -0.25) is 20.6 Å². The molecular formula is C32H40N8O5. The van der Waals surface area contributed by atoms with Crippen LogP contribution in [0.3, 0.4) is 0 Å². The van der Waals surface area contributed by atoms with Crippen molar-refractivity contribution >= 4 is 29.6 Å². The number of rotatable bonds is 10. The van der Waals surface area contributed by atoms with Gasteiger partial charge in [0.2, 0.25) is 5.90 Å². The highest BCUT2D eigenvalue weighted by molar-refractivity contribution is 5.99. The van der Waals surface area contributed by atoms with E-state index in [0.717, 1.165) is 30.4 Å². The van der Waals surface area contributed by atoms with Crippen molar-refractivity contribution in [1.82, 2.24) is 25.0 Å². The van der Waals surface area contributed by atoms with Crippen LogP contribution in [-0.4, -0.2) is 55.7 Å². The lowest BCUT2D eigenvalue weighted by molar-refractivity contribution is 0.0527. The average Bonchev–Trinajstić information content (AvgIpc) is 3.41. The molecule has 3 amide bonds. The largest absolute Gasteiger partial charge is 0.444 e. The number of benzene rings is 1. The monoisotopic (exact) mass is 616 g/mol. The van der Waals surface area contributed by atoms with Gasteiger partial charge < -0.3 is 25.0 Å². The van der Waals surface area contributed by atoms with E-state index in [0.29, 0.717) is 49.5 Å². The summed E-state index contributed by atoms with van der Waals surface area (Å²) in [4.78, 5) is 43.7. The SMILES string of the molecule is CC(=N)OC(=N)c1cc(-c2ccc(NC(=O)N3Cc4ccncc4C3)cc2)nn(CCCCCCNC(=O)OC(C)(C)C)c1=O. The number of aromatic nitrogens is 3. The van der Waals surface area contributed by atoms with E-state index in [9.17, 15) is 14.4 Å². The number of carbonyl (C=O) groups excluding carboxylic acids is 2. The first-order chi connectivity index (χ1) is 21.4. The molecule has 0 saturated carbocycles. The van der Waals surface area contributed by atoms with Gasteiger partial charge in [-0.25, -0.2) is 14.3 Å². The Morgan fingerprint density at radius 3 is 2.40 bits per heavy atom. The molecule has 45 heavy (non-hydrogen) atoms. The number of hydrogen-bond donors (Lipinski definition) is 4. The number of fused-ring (bicyclic) bond motifs is 1. The number of nitrogens with zero attached hydrogens (tertiary/aromatic N) is 4. The molecule has 1 aliphatic heterocycles. The third-order valence-electron chi connectivity index (χ3n) is 6.89. The van der Waals surface area contributed by atoms with Gasteiger partial charge in [-0.1, -0.05) is 25.0 Å². The molecule has 0 radical (unpaired) electrons. The van der Waals surface area contributed by atoms with E-state index in [-0.39, 0.29) is 17.5 Å². The second kappa shape index (κ2) is 14.6. The van der Waals surface area contributed by atoms with Crippen LogP contribution in [0.2, 0.25) is 0 Å². The molecule has 0 atom stereocenters. The minimum Gasteiger partial charge on any atom is -0.444 e. The predicted octanol–water partition coefficient (Wildman–Crippen LogP) is 5.28. The van der Waals surface area contributed by atoms with Gasteiger partial charge in [-0.15, -0.1) is 0 Å². The van der Waals surface area contributed by atoms with Gasteiger partial charge in [0.1, 0.15) is 11.2 Å². The Kier molecular flexibility index (Phi) is 10.7. The van der Waals surface area contributed by atoms with E-state index >= 15 is 0 Å². The summed E-state index contributed by atoms with van der Waals surface area (Å²) >= 11 is 0. The highest BCUT2D eigenvalue weighted by Gasteiger charge is 2.23. The summed E-state index contributed by atoms with van der Waals surface area (Å²) in [6, 6.07) is 10.2. The van der Waals surface area contributed by atoms with Crippen LogP contribution in [0.5, 0.6) is 0 Å². The molecule has 3 aromatic rings. The van der Waals surface area contributed by atoms with Crippen molar-refractivity contribution in [2.75, 3.05) is 11.9 Å². The smallest absolute Gasteiger partial charge is 0.407 e. The first kappa shape index (κ1) is 32.8. The van der Waals surface area contributed by atoms with Gasteiger partial charge in [0.15, 0.2) is 5.90 Å². The van der Waals surface area contributed by atoms with Gasteiger partial charge in [-0.2, -0.15) is 5.10 Å². The number of carbonyl (C=O) groups is 2. The van der Waals surface area contributed by atoms with E-state index in [1.165, 1.54) is 17.7 Å². The number of urea groups is 1. The predicted molar refractivity (Wildman–Crippen MR) is 170 cm³/mol. The molecule has 0 bridgehead atoms. The Labute approximate surface area is 262 Å². The number of hydrogen-bond acceptors (Lipinski definition) is 9. The van der Waals surface area contributed by atoms with Crippen LogP contribution in [0.15, 0.2) is 53.6 Å². The maximum atomic E-state index is 13.2. The molecule has 13 nitrogen and oxygen atoms in total. The van der Waals surface area contributed by atoms with Gasteiger partial charge in [0.25, 0.3) is 5.56 Å². The van der Waals surface area contributed by atoms with Crippen LogP contribution in [0.25, 0.3) is 11.3 Å². The fraction of sp³-hybridized carbons (Fsp3) is 0.406. The molecule has 1 aliphatic rings. The number of nitrogens with one attached hydrogen (secondary N) is 4. The molecule has 1 aromatic carbocycles. The lowest BCUT2D eigenvalue weighted by Gasteiger charge is -2.19. The molecule has 0 spiro atoms. The standard InChI is InChI=1S/C32H40N8O5/c1-21(33)44-28(34)26-17-27(38-40(29(26)41)16-8-6-5-7-14-36-31(43)45-32(2,3)4)22-9-11-25(12-10-22)37-30(42)39-19-23-13-15-35-18-24(23)20-39/h9-13,15,17-18,33-34H,5-8,14,16,19-20H2,1-4H3,(H,36,43)(H,37,42). The van der Waals surface area contributed by atoms with Crippen LogP contribution in [0, 0.1) is 10.8 Å². The number of anilines is 1. The molecule has 0 saturated heterocycles. The maximum Gasteiger partial charge on any atom is 0.407 e. The van der Waals surface area contributed by atoms with Crippen molar-refractivity contribution in [3.8, 4) is 11.3 Å². The van der Waals surface area contributed by atoms with Crippen LogP contribution in [0.1, 0.15) is 70.1 Å². The topological polar surface area (TPSA) is 175 Å². The summed E-state index contributed by atoms with van der Waals surface area (Å²) in [7, 11) is 0. The Morgan fingerprint density at radius 2 is 1.71 bits per heavy atom. The molecule has 0 unspecified atom stereocenters. The highest BCUT2D eigenvalue weighted by Crippen LogP contribution is 2.24. The second-order valence-electron chi connectivity index (χ2n) is 11.8. The average molecular weight is 617 g/mol. The van der Waals surface area contributed by atoms with Gasteiger partial charge in [-0.05, 0) is 69.0 Å². The van der Waals surface area contributed by atoms with Crippen LogP contribution in [0.4, 0.5) is 15.3 Å². The van der Waals surface area contributed by atoms with Gasteiger partial charge in [0.05, 0.1) is 5.69 Å². The number of aryl methyl sites for hydroxylation is 1. The zero-order valence-corrected chi connectivity index (χ0v) is 26.1. The number of amides is 3. The molecule has 0 fully saturated rings. The Bertz CT molecular complexity index is 1590. The quantitative estimate of drug-likeness (QED) is 0.136. The minimum absolute atomic E-state index is 0.00590. The van der Waals surface area contributed by atoms with Crippen molar-refractivity contribution < 1.29 is 19.1 Å². The van der Waals surface area contributed by atoms with E-state index in [4.69, 9.17) is 20.3 Å².